The normalized spacial score (nSPS) is 23.8. The number of hydrogen-bond donors (Lipinski definition) is 0. The van der Waals surface area contributed by atoms with Crippen LogP contribution in [0.1, 0.15) is 19.8 Å². The number of ether oxygens (including phenoxy) is 1. The van der Waals surface area contributed by atoms with E-state index in [-0.39, 0.29) is 30.0 Å². The Labute approximate surface area is 141 Å². The zero-order valence-corrected chi connectivity index (χ0v) is 13.9. The van der Waals surface area contributed by atoms with Crippen molar-refractivity contribution in [2.24, 2.45) is 11.8 Å². The first-order chi connectivity index (χ1) is 11.6. The summed E-state index contributed by atoms with van der Waals surface area (Å²) in [6, 6.07) is 5.81. The third kappa shape index (κ3) is 3.59. The molecular formula is C18H23FN2O3. The zero-order valence-electron chi connectivity index (χ0n) is 13.9. The van der Waals surface area contributed by atoms with Gasteiger partial charge < -0.3 is 14.5 Å². The molecule has 2 heterocycles. The lowest BCUT2D eigenvalue weighted by Crippen LogP contribution is -2.40. The first kappa shape index (κ1) is 16.9. The van der Waals surface area contributed by atoms with Gasteiger partial charge in [-0.1, -0.05) is 0 Å². The van der Waals surface area contributed by atoms with E-state index < -0.39 is 0 Å². The third-order valence-corrected chi connectivity index (χ3v) is 4.81. The highest BCUT2D eigenvalue weighted by Crippen LogP contribution is 2.27. The summed E-state index contributed by atoms with van der Waals surface area (Å²) >= 11 is 0. The molecule has 2 saturated heterocycles. The molecule has 130 valence electrons. The van der Waals surface area contributed by atoms with Gasteiger partial charge in [0, 0.05) is 44.3 Å². The highest BCUT2D eigenvalue weighted by Gasteiger charge is 2.37. The van der Waals surface area contributed by atoms with E-state index in [1.54, 1.807) is 17.0 Å². The molecule has 2 aliphatic heterocycles. The third-order valence-electron chi connectivity index (χ3n) is 4.81. The molecule has 0 N–H and O–H groups in total. The Morgan fingerprint density at radius 3 is 2.75 bits per heavy atom. The van der Waals surface area contributed by atoms with Gasteiger partial charge in [-0.3, -0.25) is 9.59 Å². The summed E-state index contributed by atoms with van der Waals surface area (Å²) in [7, 11) is 0. The van der Waals surface area contributed by atoms with E-state index in [4.69, 9.17) is 4.74 Å². The lowest BCUT2D eigenvalue weighted by atomic mass is 10.0. The van der Waals surface area contributed by atoms with Crippen molar-refractivity contribution in [1.29, 1.82) is 0 Å². The fourth-order valence-electron chi connectivity index (χ4n) is 3.42. The molecule has 0 bridgehead atoms. The predicted octanol–water partition coefficient (Wildman–Crippen LogP) is 2.06. The fraction of sp³-hybridized carbons (Fsp3) is 0.556. The second kappa shape index (κ2) is 7.30. The average molecular weight is 334 g/mol. The van der Waals surface area contributed by atoms with E-state index in [1.165, 1.54) is 12.1 Å². The number of halogens is 1. The minimum Gasteiger partial charge on any atom is -0.381 e. The van der Waals surface area contributed by atoms with Crippen LogP contribution >= 0.6 is 0 Å². The molecule has 2 fully saturated rings. The lowest BCUT2D eigenvalue weighted by Gasteiger charge is -2.26. The standard InChI is InChI=1S/C18H23FN2O3/c1-2-20(10-13-7-8-24-12-13)18(23)14-9-17(22)21(11-14)16-5-3-15(19)4-6-16/h3-6,13-14H,2,7-12H2,1H3/t13-,14+/m1/s1. The van der Waals surface area contributed by atoms with Crippen LogP contribution < -0.4 is 4.90 Å². The Morgan fingerprint density at radius 2 is 2.12 bits per heavy atom. The van der Waals surface area contributed by atoms with E-state index in [2.05, 4.69) is 0 Å². The van der Waals surface area contributed by atoms with E-state index >= 15 is 0 Å². The second-order valence-electron chi connectivity index (χ2n) is 6.49. The highest BCUT2D eigenvalue weighted by atomic mass is 19.1. The molecule has 0 aromatic heterocycles. The number of rotatable bonds is 5. The first-order valence-electron chi connectivity index (χ1n) is 8.51. The Bertz CT molecular complexity index is 599. The summed E-state index contributed by atoms with van der Waals surface area (Å²) in [5.74, 6) is -0.333. The number of benzene rings is 1. The molecule has 6 heteroatoms. The maximum absolute atomic E-state index is 13.0. The lowest BCUT2D eigenvalue weighted by molar-refractivity contribution is -0.136. The van der Waals surface area contributed by atoms with Gasteiger partial charge in [-0.05, 0) is 37.6 Å². The summed E-state index contributed by atoms with van der Waals surface area (Å²) in [5.41, 5.74) is 0.643. The zero-order chi connectivity index (χ0) is 17.1. The molecule has 0 saturated carbocycles. The van der Waals surface area contributed by atoms with Gasteiger partial charge in [0.05, 0.1) is 12.5 Å². The predicted molar refractivity (Wildman–Crippen MR) is 88.0 cm³/mol. The van der Waals surface area contributed by atoms with Gasteiger partial charge in [0.1, 0.15) is 5.82 Å². The SMILES string of the molecule is CCN(C[C@H]1CCOC1)C(=O)[C@H]1CC(=O)N(c2ccc(F)cc2)C1. The topological polar surface area (TPSA) is 49.9 Å². The number of anilines is 1. The first-order valence-corrected chi connectivity index (χ1v) is 8.51. The Hall–Kier alpha value is -1.95. The van der Waals surface area contributed by atoms with Crippen molar-refractivity contribution in [1.82, 2.24) is 4.90 Å². The molecular weight excluding hydrogens is 311 g/mol. The molecule has 0 spiro atoms. The van der Waals surface area contributed by atoms with Crippen molar-refractivity contribution in [3.05, 3.63) is 30.1 Å². The van der Waals surface area contributed by atoms with Crippen LogP contribution in [0.2, 0.25) is 0 Å². The van der Waals surface area contributed by atoms with Gasteiger partial charge in [0.15, 0.2) is 0 Å². The van der Waals surface area contributed by atoms with Crippen LogP contribution in [0.4, 0.5) is 10.1 Å². The summed E-state index contributed by atoms with van der Waals surface area (Å²) in [6.45, 7) is 5.11. The molecule has 0 unspecified atom stereocenters. The molecule has 3 rings (SSSR count). The van der Waals surface area contributed by atoms with E-state index in [0.29, 0.717) is 37.8 Å². The fourth-order valence-corrected chi connectivity index (χ4v) is 3.42. The van der Waals surface area contributed by atoms with Gasteiger partial charge in [0.2, 0.25) is 11.8 Å². The van der Waals surface area contributed by atoms with E-state index in [0.717, 1.165) is 13.0 Å². The highest BCUT2D eigenvalue weighted by molar-refractivity contribution is 6.00. The maximum atomic E-state index is 13.0. The van der Waals surface area contributed by atoms with Crippen molar-refractivity contribution >= 4 is 17.5 Å². The largest absolute Gasteiger partial charge is 0.381 e. The number of hydrogen-bond acceptors (Lipinski definition) is 3. The quantitative estimate of drug-likeness (QED) is 0.828. The number of amides is 2. The van der Waals surface area contributed by atoms with E-state index in [1.807, 2.05) is 11.8 Å². The van der Waals surface area contributed by atoms with Gasteiger partial charge >= 0.3 is 0 Å². The van der Waals surface area contributed by atoms with Crippen molar-refractivity contribution in [2.75, 3.05) is 37.7 Å². The van der Waals surface area contributed by atoms with Crippen LogP contribution in [0, 0.1) is 17.7 Å². The maximum Gasteiger partial charge on any atom is 0.228 e. The number of nitrogens with zero attached hydrogens (tertiary/aromatic N) is 2. The molecule has 2 amide bonds. The molecule has 1 aromatic rings. The number of carbonyl (C=O) groups excluding carboxylic acids is 2. The monoisotopic (exact) mass is 334 g/mol. The van der Waals surface area contributed by atoms with Crippen molar-refractivity contribution < 1.29 is 18.7 Å². The Balaban J connectivity index is 1.65. The smallest absolute Gasteiger partial charge is 0.228 e. The molecule has 1 aromatic carbocycles. The average Bonchev–Trinajstić information content (AvgIpc) is 3.22. The minimum absolute atomic E-state index is 0.0300. The van der Waals surface area contributed by atoms with Crippen LogP contribution in [0.25, 0.3) is 0 Å². The molecule has 24 heavy (non-hydrogen) atoms. The summed E-state index contributed by atoms with van der Waals surface area (Å²) in [4.78, 5) is 28.5. The van der Waals surface area contributed by atoms with Crippen LogP contribution in [-0.4, -0.2) is 49.6 Å². The van der Waals surface area contributed by atoms with Gasteiger partial charge in [-0.15, -0.1) is 0 Å². The Morgan fingerprint density at radius 1 is 1.38 bits per heavy atom. The molecule has 5 nitrogen and oxygen atoms in total. The second-order valence-corrected chi connectivity index (χ2v) is 6.49. The minimum atomic E-state index is -0.339. The van der Waals surface area contributed by atoms with Crippen molar-refractivity contribution in [3.8, 4) is 0 Å². The molecule has 2 atom stereocenters. The van der Waals surface area contributed by atoms with E-state index in [9.17, 15) is 14.0 Å². The van der Waals surface area contributed by atoms with Gasteiger partial charge in [0.25, 0.3) is 0 Å². The summed E-state index contributed by atoms with van der Waals surface area (Å²) in [6.07, 6.45) is 1.20. The van der Waals surface area contributed by atoms with Crippen LogP contribution in [0.3, 0.4) is 0 Å². The molecule has 0 radical (unpaired) electrons. The van der Waals surface area contributed by atoms with Crippen LogP contribution in [0.15, 0.2) is 24.3 Å². The summed E-state index contributed by atoms with van der Waals surface area (Å²) < 4.78 is 18.4. The van der Waals surface area contributed by atoms with Crippen molar-refractivity contribution in [3.63, 3.8) is 0 Å². The van der Waals surface area contributed by atoms with Crippen LogP contribution in [-0.2, 0) is 14.3 Å². The van der Waals surface area contributed by atoms with Crippen molar-refractivity contribution in [2.45, 2.75) is 19.8 Å². The van der Waals surface area contributed by atoms with Crippen LogP contribution in [0.5, 0.6) is 0 Å². The molecule has 0 aliphatic carbocycles. The van der Waals surface area contributed by atoms with Gasteiger partial charge in [-0.2, -0.15) is 0 Å². The Kier molecular flexibility index (Phi) is 5.14. The summed E-state index contributed by atoms with van der Waals surface area (Å²) in [5, 5.41) is 0. The molecule has 2 aliphatic rings. The van der Waals surface area contributed by atoms with Gasteiger partial charge in [-0.25, -0.2) is 4.39 Å². The number of carbonyl (C=O) groups is 2.